The molecule has 0 unspecified atom stereocenters. The molecule has 1 saturated carbocycles. The molecular weight excluding hydrogens is 320 g/mol. The maximum atomic E-state index is 12.3. The van der Waals surface area contributed by atoms with E-state index in [1.165, 1.54) is 6.07 Å². The van der Waals surface area contributed by atoms with Crippen LogP contribution < -0.4 is 16.0 Å². The van der Waals surface area contributed by atoms with Gasteiger partial charge in [-0.1, -0.05) is 35.9 Å². The first-order chi connectivity index (χ1) is 11.0. The number of carbonyl (C=O) groups excluding carboxylic acids is 3. The van der Waals surface area contributed by atoms with Crippen LogP contribution in [0.4, 0.5) is 0 Å². The molecule has 0 saturated heterocycles. The Hall–Kier alpha value is -2.34. The van der Waals surface area contributed by atoms with Gasteiger partial charge < -0.3 is 9.90 Å². The number of fused-ring (bicyclic) bond motifs is 2. The molecule has 120 valence electrons. The van der Waals surface area contributed by atoms with Crippen LogP contribution >= 0.6 is 11.6 Å². The summed E-state index contributed by atoms with van der Waals surface area (Å²) < 4.78 is 0. The summed E-state index contributed by atoms with van der Waals surface area (Å²) >= 11 is 5.91. The predicted octanol–water partition coefficient (Wildman–Crippen LogP) is 0.289. The average molecular weight is 334 g/mol. The number of halogens is 1. The molecule has 2 aliphatic carbocycles. The van der Waals surface area contributed by atoms with Gasteiger partial charge in [-0.25, -0.2) is 0 Å². The van der Waals surface area contributed by atoms with E-state index in [0.29, 0.717) is 6.42 Å². The molecule has 0 spiro atoms. The van der Waals surface area contributed by atoms with Crippen LogP contribution in [0, 0.1) is 23.7 Å². The van der Waals surface area contributed by atoms with Gasteiger partial charge >= 0.3 is 0 Å². The van der Waals surface area contributed by atoms with Crippen molar-refractivity contribution < 1.29 is 19.5 Å². The zero-order chi connectivity index (χ0) is 16.6. The summed E-state index contributed by atoms with van der Waals surface area (Å²) in [5.74, 6) is -4.24. The van der Waals surface area contributed by atoms with Crippen molar-refractivity contribution >= 4 is 29.4 Å². The van der Waals surface area contributed by atoms with E-state index in [2.05, 4.69) is 10.9 Å². The molecule has 4 atom stereocenters. The number of hydrogen-bond donors (Lipinski definition) is 2. The number of carboxylic acid groups (broad SMARTS) is 1. The highest BCUT2D eigenvalue weighted by Crippen LogP contribution is 2.47. The average Bonchev–Trinajstić information content (AvgIpc) is 3.13. The molecule has 2 amide bonds. The van der Waals surface area contributed by atoms with E-state index < -0.39 is 29.6 Å². The normalized spacial score (nSPS) is 27.7. The lowest BCUT2D eigenvalue weighted by atomic mass is 9.82. The van der Waals surface area contributed by atoms with Gasteiger partial charge in [0.05, 0.1) is 16.5 Å². The lowest BCUT2D eigenvalue weighted by Crippen LogP contribution is -2.50. The number of nitrogens with one attached hydrogen (secondary N) is 2. The number of hydrogen-bond acceptors (Lipinski definition) is 4. The van der Waals surface area contributed by atoms with E-state index in [0.717, 1.165) is 0 Å². The van der Waals surface area contributed by atoms with Crippen LogP contribution in [-0.2, 0) is 9.59 Å². The van der Waals surface area contributed by atoms with Gasteiger partial charge in [0.1, 0.15) is 0 Å². The minimum Gasteiger partial charge on any atom is -0.550 e. The summed E-state index contributed by atoms with van der Waals surface area (Å²) in [6.07, 6.45) is 4.29. The summed E-state index contributed by atoms with van der Waals surface area (Å²) in [5.41, 5.74) is 4.79. The lowest BCUT2D eigenvalue weighted by Gasteiger charge is -2.27. The second kappa shape index (κ2) is 6.04. The summed E-state index contributed by atoms with van der Waals surface area (Å²) in [6.45, 7) is 0. The number of rotatable bonds is 3. The summed E-state index contributed by atoms with van der Waals surface area (Å²) in [7, 11) is 0. The molecule has 0 aliphatic heterocycles. The van der Waals surface area contributed by atoms with Gasteiger partial charge in [0.25, 0.3) is 5.91 Å². The summed E-state index contributed by atoms with van der Waals surface area (Å²) in [5, 5.41) is 11.5. The molecule has 6 nitrogen and oxygen atoms in total. The van der Waals surface area contributed by atoms with Crippen LogP contribution in [-0.4, -0.2) is 17.8 Å². The Morgan fingerprint density at radius 3 is 2.35 bits per heavy atom. The van der Waals surface area contributed by atoms with Crippen molar-refractivity contribution in [3.05, 3.63) is 47.0 Å². The van der Waals surface area contributed by atoms with E-state index in [-0.39, 0.29) is 22.4 Å². The van der Waals surface area contributed by atoms with Gasteiger partial charge in [-0.2, -0.15) is 0 Å². The number of allylic oxidation sites excluding steroid dienone is 2. The first kappa shape index (κ1) is 15.6. The van der Waals surface area contributed by atoms with Crippen LogP contribution in [0.25, 0.3) is 0 Å². The van der Waals surface area contributed by atoms with Gasteiger partial charge in [0, 0.05) is 11.9 Å². The fourth-order valence-electron chi connectivity index (χ4n) is 3.42. The van der Waals surface area contributed by atoms with Crippen LogP contribution in [0.15, 0.2) is 36.4 Å². The maximum absolute atomic E-state index is 12.3. The number of benzene rings is 1. The number of aliphatic carboxylic acids is 1. The Morgan fingerprint density at radius 2 is 1.70 bits per heavy atom. The Morgan fingerprint density at radius 1 is 1.04 bits per heavy atom. The Bertz CT molecular complexity index is 703. The zero-order valence-electron chi connectivity index (χ0n) is 12.0. The van der Waals surface area contributed by atoms with Crippen molar-refractivity contribution in [2.24, 2.45) is 23.7 Å². The number of amides is 2. The fourth-order valence-corrected chi connectivity index (χ4v) is 3.64. The second-order valence-corrected chi connectivity index (χ2v) is 6.15. The van der Waals surface area contributed by atoms with E-state index in [9.17, 15) is 19.5 Å². The highest BCUT2D eigenvalue weighted by Gasteiger charge is 2.48. The third-order valence-corrected chi connectivity index (χ3v) is 4.78. The highest BCUT2D eigenvalue weighted by molar-refractivity contribution is 6.33. The molecule has 1 aromatic carbocycles. The van der Waals surface area contributed by atoms with Crippen molar-refractivity contribution in [2.75, 3.05) is 0 Å². The predicted molar refractivity (Wildman–Crippen MR) is 79.8 cm³/mol. The van der Waals surface area contributed by atoms with Gasteiger partial charge in [0.15, 0.2) is 0 Å². The number of hydrazine groups is 1. The van der Waals surface area contributed by atoms with E-state index in [4.69, 9.17) is 11.6 Å². The highest BCUT2D eigenvalue weighted by atomic mass is 35.5. The molecular formula is C16H14ClN2O4-. The largest absolute Gasteiger partial charge is 0.550 e. The topological polar surface area (TPSA) is 98.3 Å². The van der Waals surface area contributed by atoms with E-state index in [1.807, 2.05) is 12.2 Å². The summed E-state index contributed by atoms with van der Waals surface area (Å²) in [6, 6.07) is 6.42. The van der Waals surface area contributed by atoms with Gasteiger partial charge in [-0.05, 0) is 30.4 Å². The number of carbonyl (C=O) groups is 3. The quantitative estimate of drug-likeness (QED) is 0.613. The first-order valence-corrected chi connectivity index (χ1v) is 7.60. The van der Waals surface area contributed by atoms with Gasteiger partial charge in [0.2, 0.25) is 5.91 Å². The molecule has 0 heterocycles. The SMILES string of the molecule is O=C(NNC(=O)[C@H]1[C@@H](C(=O)[O-])[C@H]2C=C[C@@H]1C2)c1ccccc1Cl. The first-order valence-electron chi connectivity index (χ1n) is 7.23. The van der Waals surface area contributed by atoms with E-state index >= 15 is 0 Å². The van der Waals surface area contributed by atoms with Crippen molar-refractivity contribution in [1.82, 2.24) is 10.9 Å². The van der Waals surface area contributed by atoms with Crippen molar-refractivity contribution in [3.8, 4) is 0 Å². The van der Waals surface area contributed by atoms with Gasteiger partial charge in [-0.3, -0.25) is 20.4 Å². The van der Waals surface area contributed by atoms with Gasteiger partial charge in [-0.15, -0.1) is 0 Å². The van der Waals surface area contributed by atoms with Crippen LogP contribution in [0.2, 0.25) is 5.02 Å². The second-order valence-electron chi connectivity index (χ2n) is 5.74. The molecule has 7 heteroatoms. The molecule has 23 heavy (non-hydrogen) atoms. The number of carboxylic acids is 1. The molecule has 1 fully saturated rings. The molecule has 2 bridgehead atoms. The Labute approximate surface area is 137 Å². The molecule has 0 radical (unpaired) electrons. The fraction of sp³-hybridized carbons (Fsp3) is 0.312. The van der Waals surface area contributed by atoms with Crippen molar-refractivity contribution in [3.63, 3.8) is 0 Å². The van der Waals surface area contributed by atoms with Crippen molar-refractivity contribution in [2.45, 2.75) is 6.42 Å². The van der Waals surface area contributed by atoms with Crippen LogP contribution in [0.1, 0.15) is 16.8 Å². The van der Waals surface area contributed by atoms with E-state index in [1.54, 1.807) is 18.2 Å². The standard InChI is InChI=1S/C16H15ClN2O4/c17-11-4-2-1-3-10(11)14(20)18-19-15(21)12-8-5-6-9(7-8)13(12)16(22)23/h1-6,8-9,12-13H,7H2,(H,18,20)(H,19,21)(H,22,23)/p-1/t8-,9+,12-,13+/m1/s1. The third kappa shape index (κ3) is 2.82. The minimum atomic E-state index is -1.24. The zero-order valence-corrected chi connectivity index (χ0v) is 12.7. The summed E-state index contributed by atoms with van der Waals surface area (Å²) in [4.78, 5) is 35.6. The molecule has 2 N–H and O–H groups in total. The monoisotopic (exact) mass is 333 g/mol. The molecule has 2 aliphatic rings. The molecule has 1 aromatic rings. The Kier molecular flexibility index (Phi) is 4.09. The third-order valence-electron chi connectivity index (χ3n) is 4.45. The minimum absolute atomic E-state index is 0.139. The Balaban J connectivity index is 1.66. The smallest absolute Gasteiger partial charge is 0.271 e. The van der Waals surface area contributed by atoms with Crippen molar-refractivity contribution in [1.29, 1.82) is 0 Å². The molecule has 3 rings (SSSR count). The molecule has 0 aromatic heterocycles. The lowest BCUT2D eigenvalue weighted by molar-refractivity contribution is -0.313. The van der Waals surface area contributed by atoms with Crippen LogP contribution in [0.3, 0.4) is 0 Å². The van der Waals surface area contributed by atoms with Crippen LogP contribution in [0.5, 0.6) is 0 Å². The maximum Gasteiger partial charge on any atom is 0.271 e.